The highest BCUT2D eigenvalue weighted by Crippen LogP contribution is 2.57. The molecule has 3 aromatic rings. The van der Waals surface area contributed by atoms with Gasteiger partial charge in [-0.2, -0.15) is 4.31 Å². The van der Waals surface area contributed by atoms with Gasteiger partial charge in [-0.3, -0.25) is 18.6 Å². The Morgan fingerprint density at radius 3 is 2.68 bits per heavy atom. The van der Waals surface area contributed by atoms with Crippen molar-refractivity contribution < 1.29 is 28.5 Å². The number of hydrogen-bond donors (Lipinski definition) is 3. The van der Waals surface area contributed by atoms with Crippen LogP contribution in [0, 0.1) is 12.3 Å². The molecule has 0 saturated carbocycles. The van der Waals surface area contributed by atoms with Gasteiger partial charge in [0.25, 0.3) is 0 Å². The van der Waals surface area contributed by atoms with Crippen LogP contribution in [0.4, 0.5) is 0 Å². The molecule has 0 fully saturated rings. The number of benzene rings is 2. The fraction of sp³-hybridized carbons (Fsp3) is 0.444. The number of aromatic nitrogens is 3. The lowest BCUT2D eigenvalue weighted by Gasteiger charge is -2.42. The highest BCUT2D eigenvalue weighted by atomic mass is 32.3. The predicted octanol–water partition coefficient (Wildman–Crippen LogP) is 5.28. The number of ether oxygens (including phenoxy) is 2. The molecule has 1 aliphatic heterocycles. The number of nitrogens with zero attached hydrogens (tertiary/aromatic N) is 4. The molecule has 2 aromatic carbocycles. The normalized spacial score (nSPS) is 19.2. The van der Waals surface area contributed by atoms with Gasteiger partial charge in [-0.05, 0) is 63.4 Å². The molecule has 1 aromatic heterocycles. The minimum absolute atomic E-state index is 0.100. The summed E-state index contributed by atoms with van der Waals surface area (Å²) in [7, 11) is -3.32. The van der Waals surface area contributed by atoms with Crippen LogP contribution >= 0.6 is 10.8 Å². The Bertz CT molecular complexity index is 1290. The van der Waals surface area contributed by atoms with Gasteiger partial charge in [-0.25, -0.2) is 0 Å². The van der Waals surface area contributed by atoms with Crippen LogP contribution in [0.2, 0.25) is 0 Å². The van der Waals surface area contributed by atoms with E-state index in [1.165, 1.54) is 0 Å². The van der Waals surface area contributed by atoms with Crippen molar-refractivity contribution in [1.82, 2.24) is 19.3 Å². The number of hydrogen-bond acceptors (Lipinski definition) is 8. The van der Waals surface area contributed by atoms with Crippen LogP contribution in [0.3, 0.4) is 0 Å². The Hall–Kier alpha value is -2.96. The van der Waals surface area contributed by atoms with Crippen LogP contribution in [0.1, 0.15) is 56.2 Å². The molecule has 0 radical (unpaired) electrons. The summed E-state index contributed by atoms with van der Waals surface area (Å²) >= 11 is 0. The zero-order valence-corrected chi connectivity index (χ0v) is 23.2. The molecular formula is C27H36N4O6S. The highest BCUT2D eigenvalue weighted by molar-refractivity contribution is 8.22. The minimum atomic E-state index is -3.32. The first-order valence-corrected chi connectivity index (χ1v) is 14.1. The van der Waals surface area contributed by atoms with E-state index in [0.29, 0.717) is 35.0 Å². The van der Waals surface area contributed by atoms with Crippen LogP contribution in [0.5, 0.6) is 5.75 Å². The van der Waals surface area contributed by atoms with Crippen LogP contribution in [-0.2, 0) is 29.2 Å². The zero-order chi connectivity index (χ0) is 27.7. The maximum atomic E-state index is 12.2. The fourth-order valence-corrected chi connectivity index (χ4v) is 6.15. The van der Waals surface area contributed by atoms with E-state index in [1.54, 1.807) is 53.3 Å². The molecule has 206 valence electrons. The molecule has 4 rings (SSSR count). The second-order valence-electron chi connectivity index (χ2n) is 10.2. The maximum Gasteiger partial charge on any atom is 0.312 e. The number of fused-ring (bicyclic) bond motifs is 1. The first-order chi connectivity index (χ1) is 17.9. The Morgan fingerprint density at radius 1 is 1.26 bits per heavy atom. The average Bonchev–Trinajstić information content (AvgIpc) is 3.30. The molecule has 0 bridgehead atoms. The van der Waals surface area contributed by atoms with Gasteiger partial charge in [0.1, 0.15) is 22.4 Å². The average molecular weight is 545 g/mol. The van der Waals surface area contributed by atoms with Gasteiger partial charge in [0.15, 0.2) is 0 Å². The predicted molar refractivity (Wildman–Crippen MR) is 144 cm³/mol. The number of rotatable bonds is 9. The molecule has 0 amide bonds. The van der Waals surface area contributed by atoms with E-state index in [0.717, 1.165) is 11.1 Å². The van der Waals surface area contributed by atoms with Gasteiger partial charge < -0.3 is 14.6 Å². The second-order valence-corrected chi connectivity index (χ2v) is 12.2. The monoisotopic (exact) mass is 544 g/mol. The van der Waals surface area contributed by atoms with Gasteiger partial charge in [0.05, 0.1) is 30.9 Å². The number of carboxylic acids is 1. The molecule has 0 saturated heterocycles. The van der Waals surface area contributed by atoms with Gasteiger partial charge in [-0.1, -0.05) is 35.5 Å². The Morgan fingerprint density at radius 2 is 2.00 bits per heavy atom. The standard InChI is InChI=1S/C27H36N4O6S/c1-6-30-16-22(28-29-30)17-36-25(27(4,5)26(32)33)20-12-11-18(2)21(13-20)15-31-14-19(3)37-23-9-7-8-10-24(23)38(31,34)35/h7-13,16,19,25,34-35H,6,14-15,17H2,1-5H3,(H,32,33). The first kappa shape index (κ1) is 28.1. The Labute approximate surface area is 224 Å². The molecule has 0 aliphatic carbocycles. The molecule has 10 nitrogen and oxygen atoms in total. The summed E-state index contributed by atoms with van der Waals surface area (Å²) in [5, 5.41) is 18.2. The summed E-state index contributed by atoms with van der Waals surface area (Å²) < 4.78 is 38.1. The molecule has 1 aliphatic rings. The van der Waals surface area contributed by atoms with Gasteiger partial charge in [0.2, 0.25) is 0 Å². The molecule has 0 spiro atoms. The van der Waals surface area contributed by atoms with Gasteiger partial charge >= 0.3 is 5.97 Å². The van der Waals surface area contributed by atoms with Crippen molar-refractivity contribution in [2.75, 3.05) is 6.54 Å². The summed E-state index contributed by atoms with van der Waals surface area (Å²) in [6.07, 6.45) is 0.710. The summed E-state index contributed by atoms with van der Waals surface area (Å²) in [6.45, 7) is 10.3. The minimum Gasteiger partial charge on any atom is -0.487 e. The fourth-order valence-electron chi connectivity index (χ4n) is 4.49. The molecule has 2 heterocycles. The van der Waals surface area contributed by atoms with Crippen molar-refractivity contribution in [1.29, 1.82) is 0 Å². The molecular weight excluding hydrogens is 508 g/mol. The quantitative estimate of drug-likeness (QED) is 0.329. The molecule has 3 N–H and O–H groups in total. The van der Waals surface area contributed by atoms with E-state index >= 15 is 0 Å². The van der Waals surface area contributed by atoms with E-state index in [-0.39, 0.29) is 19.3 Å². The Kier molecular flexibility index (Phi) is 8.15. The lowest BCUT2D eigenvalue weighted by Crippen LogP contribution is -2.34. The lowest BCUT2D eigenvalue weighted by atomic mass is 9.81. The highest BCUT2D eigenvalue weighted by Gasteiger charge is 2.40. The van der Waals surface area contributed by atoms with Crippen molar-refractivity contribution in [3.05, 3.63) is 71.0 Å². The second kappa shape index (κ2) is 11.0. The van der Waals surface area contributed by atoms with E-state index in [4.69, 9.17) is 9.47 Å². The third-order valence-electron chi connectivity index (χ3n) is 6.83. The van der Waals surface area contributed by atoms with E-state index < -0.39 is 28.3 Å². The number of aliphatic carboxylic acids is 1. The Balaban J connectivity index is 1.66. The van der Waals surface area contributed by atoms with E-state index in [2.05, 4.69) is 10.3 Å². The first-order valence-electron chi connectivity index (χ1n) is 12.6. The SMILES string of the molecule is CCn1cc(COC(c2ccc(C)c(CN3CC(C)Oc4ccccc4S3(O)O)c2)C(C)(C)C(=O)O)nn1. The third-order valence-corrected chi connectivity index (χ3v) is 8.76. The zero-order valence-electron chi connectivity index (χ0n) is 22.4. The topological polar surface area (TPSA) is 130 Å². The smallest absolute Gasteiger partial charge is 0.312 e. The number of carbonyl (C=O) groups is 1. The maximum absolute atomic E-state index is 12.2. The van der Waals surface area contributed by atoms with Crippen molar-refractivity contribution in [2.45, 2.75) is 71.4 Å². The van der Waals surface area contributed by atoms with Crippen molar-refractivity contribution in [2.24, 2.45) is 5.41 Å². The van der Waals surface area contributed by atoms with E-state index in [9.17, 15) is 19.0 Å². The van der Waals surface area contributed by atoms with Crippen LogP contribution < -0.4 is 4.74 Å². The van der Waals surface area contributed by atoms with Crippen molar-refractivity contribution in [3.63, 3.8) is 0 Å². The molecule has 38 heavy (non-hydrogen) atoms. The largest absolute Gasteiger partial charge is 0.487 e. The number of carboxylic acid groups (broad SMARTS) is 1. The summed E-state index contributed by atoms with van der Waals surface area (Å²) in [6, 6.07) is 12.6. The van der Waals surface area contributed by atoms with Crippen molar-refractivity contribution >= 4 is 16.7 Å². The van der Waals surface area contributed by atoms with E-state index in [1.807, 2.05) is 39.0 Å². The van der Waals surface area contributed by atoms with Crippen LogP contribution in [0.15, 0.2) is 53.6 Å². The van der Waals surface area contributed by atoms with Crippen LogP contribution in [0.25, 0.3) is 0 Å². The lowest BCUT2D eigenvalue weighted by molar-refractivity contribution is -0.158. The summed E-state index contributed by atoms with van der Waals surface area (Å²) in [5.41, 5.74) is 1.81. The summed E-state index contributed by atoms with van der Waals surface area (Å²) in [5.74, 6) is -0.532. The molecule has 2 unspecified atom stereocenters. The van der Waals surface area contributed by atoms with Gasteiger partial charge in [0, 0.05) is 13.1 Å². The molecule has 2 atom stereocenters. The number of aryl methyl sites for hydroxylation is 2. The number of para-hydroxylation sites is 1. The van der Waals surface area contributed by atoms with Gasteiger partial charge in [-0.15, -0.1) is 15.9 Å². The van der Waals surface area contributed by atoms with Crippen LogP contribution in [-0.4, -0.2) is 52.1 Å². The third kappa shape index (κ3) is 5.71. The van der Waals surface area contributed by atoms with Crippen molar-refractivity contribution in [3.8, 4) is 5.75 Å². The summed E-state index contributed by atoms with van der Waals surface area (Å²) in [4.78, 5) is 12.6. The molecule has 11 heteroatoms.